The molecule has 0 spiro atoms. The summed E-state index contributed by atoms with van der Waals surface area (Å²) in [5, 5.41) is 8.12. The molecule has 0 radical (unpaired) electrons. The van der Waals surface area contributed by atoms with Crippen LogP contribution in [0.3, 0.4) is 0 Å². The van der Waals surface area contributed by atoms with Crippen molar-refractivity contribution in [2.24, 2.45) is 0 Å². The van der Waals surface area contributed by atoms with E-state index in [0.717, 1.165) is 17.1 Å². The summed E-state index contributed by atoms with van der Waals surface area (Å²) in [7, 11) is 1.69. The fraction of sp³-hybridized carbons (Fsp3) is 0.545. The van der Waals surface area contributed by atoms with E-state index in [9.17, 15) is 4.79 Å². The lowest BCUT2D eigenvalue weighted by Crippen LogP contribution is -2.29. The Balaban J connectivity index is 2.47. The van der Waals surface area contributed by atoms with Gasteiger partial charge >= 0.3 is 0 Å². The quantitative estimate of drug-likeness (QED) is 0.800. The lowest BCUT2D eigenvalue weighted by atomic mass is 10.3. The molecule has 1 atom stereocenters. The molecule has 0 fully saturated rings. The first-order valence-electron chi connectivity index (χ1n) is 5.19. The number of hydrogen-bond acceptors (Lipinski definition) is 4. The Bertz CT molecular complexity index is 338. The van der Waals surface area contributed by atoms with Crippen molar-refractivity contribution in [2.75, 3.05) is 19.0 Å². The molecule has 0 saturated carbocycles. The fourth-order valence-corrected chi connectivity index (χ4v) is 2.14. The van der Waals surface area contributed by atoms with Crippen LogP contribution in [-0.4, -0.2) is 25.7 Å². The van der Waals surface area contributed by atoms with E-state index in [0.29, 0.717) is 12.6 Å². The zero-order chi connectivity index (χ0) is 12.0. The standard InChI is InChI=1S/C11H18N2O2S/c1-8(7-15-3)12-6-11-10(4-5-16-11)13-9(2)14/h4-5,8,12H,6-7H2,1-3H3,(H,13,14). The summed E-state index contributed by atoms with van der Waals surface area (Å²) in [6.45, 7) is 5.01. The maximum Gasteiger partial charge on any atom is 0.221 e. The lowest BCUT2D eigenvalue weighted by molar-refractivity contribution is -0.114. The summed E-state index contributed by atoms with van der Waals surface area (Å²) in [6.07, 6.45) is 0. The molecule has 0 aliphatic carbocycles. The van der Waals surface area contributed by atoms with Gasteiger partial charge in [-0.3, -0.25) is 4.79 Å². The molecule has 2 N–H and O–H groups in total. The Hall–Kier alpha value is -0.910. The molecule has 0 aliphatic rings. The number of rotatable bonds is 6. The SMILES string of the molecule is COCC(C)NCc1sccc1NC(C)=O. The maximum atomic E-state index is 11.0. The Labute approximate surface area is 100 Å². The fourth-order valence-electron chi connectivity index (χ4n) is 1.35. The third-order valence-electron chi connectivity index (χ3n) is 2.08. The molecule has 1 heterocycles. The van der Waals surface area contributed by atoms with Crippen LogP contribution >= 0.6 is 11.3 Å². The van der Waals surface area contributed by atoms with E-state index in [2.05, 4.69) is 17.6 Å². The van der Waals surface area contributed by atoms with Gasteiger partial charge in [-0.2, -0.15) is 0 Å². The lowest BCUT2D eigenvalue weighted by Gasteiger charge is -2.12. The second kappa shape index (κ2) is 6.62. The van der Waals surface area contributed by atoms with Crippen molar-refractivity contribution >= 4 is 22.9 Å². The predicted molar refractivity (Wildman–Crippen MR) is 66.8 cm³/mol. The zero-order valence-corrected chi connectivity index (χ0v) is 10.7. The van der Waals surface area contributed by atoms with Gasteiger partial charge in [0.05, 0.1) is 12.3 Å². The molecule has 5 heteroatoms. The van der Waals surface area contributed by atoms with Crippen molar-refractivity contribution in [3.05, 3.63) is 16.3 Å². The second-order valence-corrected chi connectivity index (χ2v) is 4.68. The van der Waals surface area contributed by atoms with Gasteiger partial charge in [0.25, 0.3) is 0 Å². The van der Waals surface area contributed by atoms with Gasteiger partial charge in [0.2, 0.25) is 5.91 Å². The molecule has 1 amide bonds. The van der Waals surface area contributed by atoms with E-state index in [1.54, 1.807) is 18.4 Å². The molecule has 16 heavy (non-hydrogen) atoms. The minimum Gasteiger partial charge on any atom is -0.383 e. The van der Waals surface area contributed by atoms with Crippen LogP contribution in [0.1, 0.15) is 18.7 Å². The van der Waals surface area contributed by atoms with Crippen LogP contribution in [0.5, 0.6) is 0 Å². The molecular weight excluding hydrogens is 224 g/mol. The summed E-state index contributed by atoms with van der Waals surface area (Å²) >= 11 is 1.63. The highest BCUT2D eigenvalue weighted by Gasteiger charge is 2.07. The van der Waals surface area contributed by atoms with Crippen molar-refractivity contribution < 1.29 is 9.53 Å². The minimum atomic E-state index is -0.0374. The molecule has 1 aromatic rings. The number of ether oxygens (including phenoxy) is 1. The number of carbonyl (C=O) groups is 1. The van der Waals surface area contributed by atoms with Gasteiger partial charge in [0, 0.05) is 31.5 Å². The van der Waals surface area contributed by atoms with Crippen LogP contribution in [-0.2, 0) is 16.1 Å². The van der Waals surface area contributed by atoms with Gasteiger partial charge in [-0.15, -0.1) is 11.3 Å². The van der Waals surface area contributed by atoms with Crippen molar-refractivity contribution in [3.8, 4) is 0 Å². The molecule has 0 saturated heterocycles. The molecule has 90 valence electrons. The van der Waals surface area contributed by atoms with E-state index in [-0.39, 0.29) is 5.91 Å². The number of amides is 1. The number of methoxy groups -OCH3 is 1. The van der Waals surface area contributed by atoms with Crippen LogP contribution < -0.4 is 10.6 Å². The van der Waals surface area contributed by atoms with Crippen LogP contribution in [0, 0.1) is 0 Å². The van der Waals surface area contributed by atoms with E-state index in [1.165, 1.54) is 6.92 Å². The molecule has 0 aromatic carbocycles. The van der Waals surface area contributed by atoms with Gasteiger partial charge in [-0.25, -0.2) is 0 Å². The number of anilines is 1. The van der Waals surface area contributed by atoms with E-state index < -0.39 is 0 Å². The maximum absolute atomic E-state index is 11.0. The highest BCUT2D eigenvalue weighted by atomic mass is 32.1. The average molecular weight is 242 g/mol. The zero-order valence-electron chi connectivity index (χ0n) is 9.87. The highest BCUT2D eigenvalue weighted by molar-refractivity contribution is 7.10. The van der Waals surface area contributed by atoms with Crippen LogP contribution in [0.4, 0.5) is 5.69 Å². The summed E-state index contributed by atoms with van der Waals surface area (Å²) in [6, 6.07) is 2.22. The van der Waals surface area contributed by atoms with Gasteiger partial charge in [0.15, 0.2) is 0 Å². The number of carbonyl (C=O) groups excluding carboxylic acids is 1. The molecular formula is C11H18N2O2S. The second-order valence-electron chi connectivity index (χ2n) is 3.68. The normalized spacial score (nSPS) is 12.4. The highest BCUT2D eigenvalue weighted by Crippen LogP contribution is 2.22. The molecule has 1 unspecified atom stereocenters. The Morgan fingerprint density at radius 2 is 2.38 bits per heavy atom. The van der Waals surface area contributed by atoms with E-state index in [4.69, 9.17) is 4.74 Å². The van der Waals surface area contributed by atoms with Gasteiger partial charge in [-0.05, 0) is 18.4 Å². The Kier molecular flexibility index (Phi) is 5.45. The monoisotopic (exact) mass is 242 g/mol. The average Bonchev–Trinajstić information content (AvgIpc) is 2.62. The first-order valence-corrected chi connectivity index (χ1v) is 6.07. The first kappa shape index (κ1) is 13.2. The largest absolute Gasteiger partial charge is 0.383 e. The third-order valence-corrected chi connectivity index (χ3v) is 3.00. The number of thiophene rings is 1. The van der Waals surface area contributed by atoms with E-state index >= 15 is 0 Å². The molecule has 0 aliphatic heterocycles. The smallest absolute Gasteiger partial charge is 0.221 e. The van der Waals surface area contributed by atoms with Crippen LogP contribution in [0.2, 0.25) is 0 Å². The van der Waals surface area contributed by atoms with Crippen LogP contribution in [0.25, 0.3) is 0 Å². The third kappa shape index (κ3) is 4.30. The van der Waals surface area contributed by atoms with Crippen molar-refractivity contribution in [1.29, 1.82) is 0 Å². The summed E-state index contributed by atoms with van der Waals surface area (Å²) < 4.78 is 5.04. The van der Waals surface area contributed by atoms with Gasteiger partial charge < -0.3 is 15.4 Å². The summed E-state index contributed by atoms with van der Waals surface area (Å²) in [4.78, 5) is 12.1. The first-order chi connectivity index (χ1) is 7.63. The van der Waals surface area contributed by atoms with Crippen molar-refractivity contribution in [3.63, 3.8) is 0 Å². The molecule has 4 nitrogen and oxygen atoms in total. The topological polar surface area (TPSA) is 50.4 Å². The van der Waals surface area contributed by atoms with Crippen molar-refractivity contribution in [1.82, 2.24) is 5.32 Å². The summed E-state index contributed by atoms with van der Waals surface area (Å²) in [5.74, 6) is -0.0374. The van der Waals surface area contributed by atoms with Gasteiger partial charge in [0.1, 0.15) is 0 Å². The molecule has 1 aromatic heterocycles. The molecule has 0 bridgehead atoms. The Morgan fingerprint density at radius 1 is 1.62 bits per heavy atom. The van der Waals surface area contributed by atoms with Gasteiger partial charge in [-0.1, -0.05) is 0 Å². The minimum absolute atomic E-state index is 0.0374. The van der Waals surface area contributed by atoms with E-state index in [1.807, 2.05) is 11.4 Å². The number of nitrogens with one attached hydrogen (secondary N) is 2. The Morgan fingerprint density at radius 3 is 3.00 bits per heavy atom. The van der Waals surface area contributed by atoms with Crippen molar-refractivity contribution in [2.45, 2.75) is 26.4 Å². The summed E-state index contributed by atoms with van der Waals surface area (Å²) in [5.41, 5.74) is 0.898. The number of hydrogen-bond donors (Lipinski definition) is 2. The molecule has 1 rings (SSSR count). The predicted octanol–water partition coefficient (Wildman–Crippen LogP) is 1.83. The van der Waals surface area contributed by atoms with Crippen LogP contribution in [0.15, 0.2) is 11.4 Å².